The third-order valence-electron chi connectivity index (χ3n) is 2.58. The number of aromatic amines is 1. The van der Waals surface area contributed by atoms with E-state index in [0.717, 1.165) is 0 Å². The Labute approximate surface area is 114 Å². The van der Waals surface area contributed by atoms with Crippen LogP contribution in [0, 0.1) is 12.7 Å². The van der Waals surface area contributed by atoms with E-state index in [-0.39, 0.29) is 16.7 Å². The van der Waals surface area contributed by atoms with Crippen LogP contribution < -0.4 is 11.1 Å². The van der Waals surface area contributed by atoms with Gasteiger partial charge in [0.1, 0.15) is 16.6 Å². The fourth-order valence-electron chi connectivity index (χ4n) is 1.63. The molecule has 7 heteroatoms. The second-order valence-corrected chi connectivity index (χ2v) is 4.38. The quantitative estimate of drug-likeness (QED) is 0.747. The average Bonchev–Trinajstić information content (AvgIpc) is 2.76. The van der Waals surface area contributed by atoms with E-state index in [2.05, 4.69) is 15.5 Å². The van der Waals surface area contributed by atoms with Gasteiger partial charge in [-0.3, -0.25) is 9.89 Å². The molecule has 0 atom stereocenters. The molecule has 0 bridgehead atoms. The molecule has 0 spiro atoms. The standard InChI is InChI=1S/C12H11FN4OS/c1-6-4-7(13)2-3-8(6)12(18)16-11-9(10(14)19)5-15-17-11/h2-5H,1H3,(H2,14,19)(H2,15,16,17,18). The highest BCUT2D eigenvalue weighted by Gasteiger charge is 2.14. The molecule has 5 nitrogen and oxygen atoms in total. The highest BCUT2D eigenvalue weighted by atomic mass is 32.1. The van der Waals surface area contributed by atoms with Gasteiger partial charge in [0.15, 0.2) is 0 Å². The largest absolute Gasteiger partial charge is 0.389 e. The van der Waals surface area contributed by atoms with Gasteiger partial charge in [-0.25, -0.2) is 4.39 Å². The minimum atomic E-state index is -0.390. The Morgan fingerprint density at radius 2 is 2.21 bits per heavy atom. The lowest BCUT2D eigenvalue weighted by molar-refractivity contribution is 0.102. The number of anilines is 1. The van der Waals surface area contributed by atoms with E-state index in [0.29, 0.717) is 22.5 Å². The van der Waals surface area contributed by atoms with E-state index in [1.54, 1.807) is 6.92 Å². The first kappa shape index (κ1) is 13.2. The zero-order chi connectivity index (χ0) is 14.0. The summed E-state index contributed by atoms with van der Waals surface area (Å²) < 4.78 is 13.0. The van der Waals surface area contributed by atoms with Crippen molar-refractivity contribution in [2.24, 2.45) is 5.73 Å². The summed E-state index contributed by atoms with van der Waals surface area (Å²) in [6.45, 7) is 1.65. The number of nitrogens with zero attached hydrogens (tertiary/aromatic N) is 1. The van der Waals surface area contributed by atoms with E-state index < -0.39 is 0 Å². The number of hydrogen-bond acceptors (Lipinski definition) is 3. The van der Waals surface area contributed by atoms with Gasteiger partial charge in [-0.15, -0.1) is 0 Å². The van der Waals surface area contributed by atoms with Gasteiger partial charge in [-0.05, 0) is 30.7 Å². The highest BCUT2D eigenvalue weighted by molar-refractivity contribution is 7.80. The number of nitrogens with two attached hydrogens (primary N) is 1. The Kier molecular flexibility index (Phi) is 3.57. The second kappa shape index (κ2) is 5.15. The molecule has 0 saturated heterocycles. The molecule has 4 N–H and O–H groups in total. The number of halogens is 1. The van der Waals surface area contributed by atoms with Crippen LogP contribution in [0.2, 0.25) is 0 Å². The van der Waals surface area contributed by atoms with Gasteiger partial charge >= 0.3 is 0 Å². The van der Waals surface area contributed by atoms with Crippen molar-refractivity contribution in [3.8, 4) is 0 Å². The molecule has 0 saturated carbocycles. The summed E-state index contributed by atoms with van der Waals surface area (Å²) in [6, 6.07) is 3.93. The van der Waals surface area contributed by atoms with Gasteiger partial charge in [-0.1, -0.05) is 12.2 Å². The monoisotopic (exact) mass is 278 g/mol. The number of benzene rings is 1. The lowest BCUT2D eigenvalue weighted by atomic mass is 10.1. The third-order valence-corrected chi connectivity index (χ3v) is 2.80. The SMILES string of the molecule is Cc1cc(F)ccc1C(=O)Nc1[nH]ncc1C(N)=S. The minimum Gasteiger partial charge on any atom is -0.389 e. The van der Waals surface area contributed by atoms with E-state index >= 15 is 0 Å². The predicted octanol–water partition coefficient (Wildman–Crippen LogP) is 1.74. The number of thiocarbonyl (C=S) groups is 1. The molecule has 98 valence electrons. The number of hydrogen-bond donors (Lipinski definition) is 3. The summed E-state index contributed by atoms with van der Waals surface area (Å²) in [7, 11) is 0. The van der Waals surface area contributed by atoms with Gasteiger partial charge in [0.2, 0.25) is 0 Å². The van der Waals surface area contributed by atoms with Gasteiger partial charge in [0, 0.05) is 5.56 Å². The van der Waals surface area contributed by atoms with Crippen molar-refractivity contribution < 1.29 is 9.18 Å². The summed E-state index contributed by atoms with van der Waals surface area (Å²) in [4.78, 5) is 12.2. The van der Waals surface area contributed by atoms with E-state index in [1.165, 1.54) is 24.4 Å². The van der Waals surface area contributed by atoms with Gasteiger partial charge in [0.25, 0.3) is 5.91 Å². The molecule has 0 aliphatic carbocycles. The topological polar surface area (TPSA) is 83.8 Å². The van der Waals surface area contributed by atoms with Gasteiger partial charge in [0.05, 0.1) is 11.8 Å². The minimum absolute atomic E-state index is 0.125. The van der Waals surface area contributed by atoms with Crippen LogP contribution >= 0.6 is 12.2 Å². The predicted molar refractivity (Wildman–Crippen MR) is 73.6 cm³/mol. The molecular formula is C12H11FN4OS. The first-order valence-electron chi connectivity index (χ1n) is 5.39. The summed E-state index contributed by atoms with van der Waals surface area (Å²) in [5.41, 5.74) is 6.84. The van der Waals surface area contributed by atoms with Gasteiger partial charge < -0.3 is 11.1 Å². The van der Waals surface area contributed by atoms with Crippen molar-refractivity contribution in [1.29, 1.82) is 0 Å². The Morgan fingerprint density at radius 1 is 1.47 bits per heavy atom. The van der Waals surface area contributed by atoms with Crippen LogP contribution in [-0.2, 0) is 0 Å². The first-order valence-corrected chi connectivity index (χ1v) is 5.80. The number of amides is 1. The lowest BCUT2D eigenvalue weighted by Gasteiger charge is -2.07. The maximum atomic E-state index is 13.0. The van der Waals surface area contributed by atoms with E-state index in [1.807, 2.05) is 0 Å². The van der Waals surface area contributed by atoms with Crippen molar-refractivity contribution in [3.05, 3.63) is 46.9 Å². The maximum absolute atomic E-state index is 13.0. The highest BCUT2D eigenvalue weighted by Crippen LogP contribution is 2.15. The molecule has 0 radical (unpaired) electrons. The molecule has 2 aromatic rings. The first-order chi connectivity index (χ1) is 8.99. The van der Waals surface area contributed by atoms with Gasteiger partial charge in [-0.2, -0.15) is 5.10 Å². The second-order valence-electron chi connectivity index (χ2n) is 3.94. The van der Waals surface area contributed by atoms with Crippen LogP contribution in [0.15, 0.2) is 24.4 Å². The van der Waals surface area contributed by atoms with Crippen LogP contribution in [0.3, 0.4) is 0 Å². The number of aryl methyl sites for hydroxylation is 1. The van der Waals surface area contributed by atoms with Crippen LogP contribution in [0.25, 0.3) is 0 Å². The summed E-state index contributed by atoms with van der Waals surface area (Å²) in [5, 5.41) is 8.96. The van der Waals surface area contributed by atoms with Crippen molar-refractivity contribution in [1.82, 2.24) is 10.2 Å². The average molecular weight is 278 g/mol. The molecule has 1 heterocycles. The fraction of sp³-hybridized carbons (Fsp3) is 0.0833. The number of nitrogens with one attached hydrogen (secondary N) is 2. The normalized spacial score (nSPS) is 10.2. The summed E-state index contributed by atoms with van der Waals surface area (Å²) >= 11 is 4.83. The Balaban J connectivity index is 2.26. The summed E-state index contributed by atoms with van der Waals surface area (Å²) in [5.74, 6) is -0.458. The Hall–Kier alpha value is -2.28. The molecule has 1 amide bonds. The zero-order valence-corrected chi connectivity index (χ0v) is 10.8. The van der Waals surface area contributed by atoms with Crippen molar-refractivity contribution >= 4 is 28.9 Å². The van der Waals surface area contributed by atoms with Crippen molar-refractivity contribution in [2.45, 2.75) is 6.92 Å². The number of aromatic nitrogens is 2. The van der Waals surface area contributed by atoms with Crippen LogP contribution in [0.5, 0.6) is 0 Å². The van der Waals surface area contributed by atoms with Crippen molar-refractivity contribution in [3.63, 3.8) is 0 Å². The number of carbonyl (C=O) groups excluding carboxylic acids is 1. The molecule has 0 fully saturated rings. The molecule has 0 unspecified atom stereocenters. The third kappa shape index (κ3) is 2.76. The van der Waals surface area contributed by atoms with E-state index in [9.17, 15) is 9.18 Å². The van der Waals surface area contributed by atoms with E-state index in [4.69, 9.17) is 18.0 Å². The number of carbonyl (C=O) groups is 1. The zero-order valence-electron chi connectivity index (χ0n) is 10.0. The molecule has 0 aliphatic rings. The summed E-state index contributed by atoms with van der Waals surface area (Å²) in [6.07, 6.45) is 1.43. The molecular weight excluding hydrogens is 267 g/mol. The molecule has 1 aromatic carbocycles. The smallest absolute Gasteiger partial charge is 0.257 e. The van der Waals surface area contributed by atoms with Crippen LogP contribution in [0.1, 0.15) is 21.5 Å². The Bertz CT molecular complexity index is 653. The molecule has 19 heavy (non-hydrogen) atoms. The molecule has 0 aliphatic heterocycles. The lowest BCUT2D eigenvalue weighted by Crippen LogP contribution is -2.17. The molecule has 2 rings (SSSR count). The Morgan fingerprint density at radius 3 is 2.84 bits per heavy atom. The maximum Gasteiger partial charge on any atom is 0.257 e. The molecule has 1 aromatic heterocycles. The van der Waals surface area contributed by atoms with Crippen molar-refractivity contribution in [2.75, 3.05) is 5.32 Å². The number of H-pyrrole nitrogens is 1. The number of rotatable bonds is 3. The fourth-order valence-corrected chi connectivity index (χ4v) is 1.79. The van der Waals surface area contributed by atoms with Crippen LogP contribution in [-0.4, -0.2) is 21.1 Å². The van der Waals surface area contributed by atoms with Crippen LogP contribution in [0.4, 0.5) is 10.2 Å².